The fourth-order valence-corrected chi connectivity index (χ4v) is 1.94. The van der Waals surface area contributed by atoms with Crippen LogP contribution in [0.1, 0.15) is 19.4 Å². The Balaban J connectivity index is 2.57. The monoisotopic (exact) mass is 267 g/mol. The molecule has 0 aromatic heterocycles. The summed E-state index contributed by atoms with van der Waals surface area (Å²) in [5.74, 6) is -0.329. The number of nitrogens with two attached hydrogens (primary N) is 1. The lowest BCUT2D eigenvalue weighted by molar-refractivity contribution is -0.131. The number of carbonyl (C=O) groups is 1. The number of benzene rings is 1. The normalized spacial score (nSPS) is 10.8. The van der Waals surface area contributed by atoms with Gasteiger partial charge in [-0.25, -0.2) is 4.39 Å². The molecule has 0 saturated carbocycles. The number of likely N-dealkylation sites (N-methyl/N-ethyl adjacent to an activating group) is 2. The van der Waals surface area contributed by atoms with Gasteiger partial charge in [0.25, 0.3) is 0 Å². The lowest BCUT2D eigenvalue weighted by atomic mass is 10.2. The molecule has 5 heteroatoms. The summed E-state index contributed by atoms with van der Waals surface area (Å²) in [6.07, 6.45) is 0. The number of nitrogen functional groups attached to an aromatic ring is 1. The van der Waals surface area contributed by atoms with E-state index in [1.807, 2.05) is 25.8 Å². The van der Waals surface area contributed by atoms with Crippen LogP contribution in [0, 0.1) is 5.82 Å². The number of nitrogens with zero attached hydrogens (tertiary/aromatic N) is 2. The summed E-state index contributed by atoms with van der Waals surface area (Å²) in [4.78, 5) is 15.6. The molecule has 0 bridgehead atoms. The number of hydrogen-bond donors (Lipinski definition) is 1. The highest BCUT2D eigenvalue weighted by Gasteiger charge is 2.12. The molecule has 1 amide bonds. The van der Waals surface area contributed by atoms with Gasteiger partial charge in [-0.3, -0.25) is 9.69 Å². The van der Waals surface area contributed by atoms with Crippen LogP contribution in [0.2, 0.25) is 0 Å². The molecule has 0 fully saturated rings. The van der Waals surface area contributed by atoms with E-state index in [9.17, 15) is 9.18 Å². The number of halogens is 1. The third-order valence-corrected chi connectivity index (χ3v) is 3.04. The average Bonchev–Trinajstić information content (AvgIpc) is 2.35. The van der Waals surface area contributed by atoms with Crippen molar-refractivity contribution in [3.8, 4) is 0 Å². The van der Waals surface area contributed by atoms with Crippen LogP contribution in [-0.2, 0) is 11.3 Å². The van der Waals surface area contributed by atoms with Crippen molar-refractivity contribution in [3.05, 3.63) is 29.6 Å². The maximum absolute atomic E-state index is 13.3. The van der Waals surface area contributed by atoms with Crippen LogP contribution >= 0.6 is 0 Å². The zero-order chi connectivity index (χ0) is 14.4. The fourth-order valence-electron chi connectivity index (χ4n) is 1.94. The lowest BCUT2D eigenvalue weighted by Crippen LogP contribution is -2.38. The van der Waals surface area contributed by atoms with Gasteiger partial charge in [-0.2, -0.15) is 0 Å². The molecule has 0 aliphatic rings. The molecule has 0 aliphatic heterocycles. The minimum Gasteiger partial charge on any atom is -0.396 e. The van der Waals surface area contributed by atoms with E-state index in [0.29, 0.717) is 26.2 Å². The smallest absolute Gasteiger partial charge is 0.236 e. The van der Waals surface area contributed by atoms with Gasteiger partial charge in [0.1, 0.15) is 5.82 Å². The topological polar surface area (TPSA) is 49.6 Å². The Hall–Kier alpha value is -1.62. The molecule has 0 heterocycles. The molecule has 0 saturated heterocycles. The number of rotatable bonds is 6. The highest BCUT2D eigenvalue weighted by molar-refractivity contribution is 5.78. The maximum Gasteiger partial charge on any atom is 0.236 e. The van der Waals surface area contributed by atoms with Crippen molar-refractivity contribution in [1.82, 2.24) is 9.80 Å². The van der Waals surface area contributed by atoms with Gasteiger partial charge in [0, 0.05) is 19.6 Å². The van der Waals surface area contributed by atoms with Gasteiger partial charge in [-0.1, -0.05) is 6.07 Å². The molecule has 2 N–H and O–H groups in total. The predicted molar refractivity (Wildman–Crippen MR) is 75.1 cm³/mol. The van der Waals surface area contributed by atoms with Crippen molar-refractivity contribution in [2.45, 2.75) is 20.4 Å². The third kappa shape index (κ3) is 4.52. The number of hydrogen-bond acceptors (Lipinski definition) is 3. The molecule has 19 heavy (non-hydrogen) atoms. The van der Waals surface area contributed by atoms with E-state index < -0.39 is 5.82 Å². The first-order valence-corrected chi connectivity index (χ1v) is 6.48. The second-order valence-electron chi connectivity index (χ2n) is 4.59. The summed E-state index contributed by atoms with van der Waals surface area (Å²) in [6.45, 7) is 6.17. The molecule has 0 unspecified atom stereocenters. The second-order valence-corrected chi connectivity index (χ2v) is 4.59. The maximum atomic E-state index is 13.3. The fraction of sp³-hybridized carbons (Fsp3) is 0.500. The number of carbonyl (C=O) groups excluding carboxylic acids is 1. The molecule has 4 nitrogen and oxygen atoms in total. The Labute approximate surface area is 114 Å². The summed E-state index contributed by atoms with van der Waals surface area (Å²) < 4.78 is 13.3. The molecule has 1 rings (SSSR count). The van der Waals surface area contributed by atoms with Crippen LogP contribution in [0.15, 0.2) is 18.2 Å². The van der Waals surface area contributed by atoms with E-state index in [2.05, 4.69) is 0 Å². The van der Waals surface area contributed by atoms with Gasteiger partial charge < -0.3 is 10.6 Å². The minimum absolute atomic E-state index is 0.0865. The van der Waals surface area contributed by atoms with Gasteiger partial charge >= 0.3 is 0 Å². The molecular weight excluding hydrogens is 245 g/mol. The largest absolute Gasteiger partial charge is 0.396 e. The van der Waals surface area contributed by atoms with Crippen molar-refractivity contribution >= 4 is 11.6 Å². The SMILES string of the molecule is CCN(CC)C(=O)CN(C)Cc1ccc(N)c(F)c1. The van der Waals surface area contributed by atoms with E-state index in [1.165, 1.54) is 6.07 Å². The van der Waals surface area contributed by atoms with E-state index >= 15 is 0 Å². The van der Waals surface area contributed by atoms with Gasteiger partial charge in [0.2, 0.25) is 5.91 Å². The first-order chi connectivity index (χ1) is 8.97. The number of anilines is 1. The van der Waals surface area contributed by atoms with Crippen molar-refractivity contribution in [2.24, 2.45) is 0 Å². The lowest BCUT2D eigenvalue weighted by Gasteiger charge is -2.23. The van der Waals surface area contributed by atoms with E-state index in [4.69, 9.17) is 5.73 Å². The molecule has 0 atom stereocenters. The van der Waals surface area contributed by atoms with E-state index in [-0.39, 0.29) is 11.6 Å². The van der Waals surface area contributed by atoms with Gasteiger partial charge in [0.15, 0.2) is 0 Å². The summed E-state index contributed by atoms with van der Waals surface area (Å²) >= 11 is 0. The zero-order valence-electron chi connectivity index (χ0n) is 11.8. The van der Waals surface area contributed by atoms with Crippen LogP contribution in [0.3, 0.4) is 0 Å². The van der Waals surface area contributed by atoms with Crippen LogP contribution in [-0.4, -0.2) is 42.4 Å². The third-order valence-electron chi connectivity index (χ3n) is 3.04. The van der Waals surface area contributed by atoms with Gasteiger partial charge in [-0.15, -0.1) is 0 Å². The summed E-state index contributed by atoms with van der Waals surface area (Å²) in [7, 11) is 1.84. The molecule has 0 spiro atoms. The Morgan fingerprint density at radius 3 is 2.47 bits per heavy atom. The Bertz CT molecular complexity index is 433. The van der Waals surface area contributed by atoms with Gasteiger partial charge in [0.05, 0.1) is 12.2 Å². The molecule has 0 radical (unpaired) electrons. The summed E-state index contributed by atoms with van der Waals surface area (Å²) in [6, 6.07) is 4.73. The summed E-state index contributed by atoms with van der Waals surface area (Å²) in [5.41, 5.74) is 6.38. The average molecular weight is 267 g/mol. The predicted octanol–water partition coefficient (Wildman–Crippen LogP) is 1.71. The Kier molecular flexibility index (Phi) is 5.76. The molecule has 0 aliphatic carbocycles. The van der Waals surface area contributed by atoms with E-state index in [1.54, 1.807) is 17.0 Å². The Morgan fingerprint density at radius 2 is 1.95 bits per heavy atom. The van der Waals surface area contributed by atoms with Crippen molar-refractivity contribution in [1.29, 1.82) is 0 Å². The summed E-state index contributed by atoms with van der Waals surface area (Å²) in [5, 5.41) is 0. The standard InChI is InChI=1S/C14H22FN3O/c1-4-18(5-2)14(19)10-17(3)9-11-6-7-13(16)12(15)8-11/h6-8H,4-5,9-10,16H2,1-3H3. The highest BCUT2D eigenvalue weighted by Crippen LogP contribution is 2.13. The Morgan fingerprint density at radius 1 is 1.32 bits per heavy atom. The van der Waals surface area contributed by atoms with E-state index in [0.717, 1.165) is 5.56 Å². The van der Waals surface area contributed by atoms with Crippen LogP contribution < -0.4 is 5.73 Å². The molecular formula is C14H22FN3O. The molecule has 1 aromatic carbocycles. The zero-order valence-corrected chi connectivity index (χ0v) is 11.8. The van der Waals surface area contributed by atoms with Crippen LogP contribution in [0.25, 0.3) is 0 Å². The first kappa shape index (κ1) is 15.4. The number of amides is 1. The first-order valence-electron chi connectivity index (χ1n) is 6.48. The second kappa shape index (κ2) is 7.09. The quantitative estimate of drug-likeness (QED) is 0.798. The van der Waals surface area contributed by atoms with Crippen LogP contribution in [0.4, 0.5) is 10.1 Å². The van der Waals surface area contributed by atoms with Crippen molar-refractivity contribution < 1.29 is 9.18 Å². The van der Waals surface area contributed by atoms with Crippen molar-refractivity contribution in [3.63, 3.8) is 0 Å². The van der Waals surface area contributed by atoms with Crippen molar-refractivity contribution in [2.75, 3.05) is 32.4 Å². The molecule has 106 valence electrons. The van der Waals surface area contributed by atoms with Gasteiger partial charge in [-0.05, 0) is 38.6 Å². The van der Waals surface area contributed by atoms with Crippen LogP contribution in [0.5, 0.6) is 0 Å². The highest BCUT2D eigenvalue weighted by atomic mass is 19.1. The molecule has 1 aromatic rings. The minimum atomic E-state index is -0.416.